The van der Waals surface area contributed by atoms with Gasteiger partial charge in [-0.1, -0.05) is 0 Å². The topological polar surface area (TPSA) is 63.4 Å². The van der Waals surface area contributed by atoms with E-state index in [-0.39, 0.29) is 11.3 Å². The molecule has 0 heterocycles. The van der Waals surface area contributed by atoms with Crippen LogP contribution in [0.1, 0.15) is 18.6 Å². The normalized spacial score (nSPS) is 13.8. The molecule has 17 heavy (non-hydrogen) atoms. The number of alkyl halides is 2. The summed E-state index contributed by atoms with van der Waals surface area (Å²) in [5.74, 6) is 0. The van der Waals surface area contributed by atoms with E-state index in [0.29, 0.717) is 5.56 Å². The molecule has 92 valence electrons. The summed E-state index contributed by atoms with van der Waals surface area (Å²) in [6.07, 6.45) is -2.79. The van der Waals surface area contributed by atoms with Crippen molar-refractivity contribution in [2.45, 2.75) is 19.5 Å². The van der Waals surface area contributed by atoms with Gasteiger partial charge in [-0.3, -0.25) is 10.1 Å². The molecule has 0 amide bonds. The van der Waals surface area contributed by atoms with Gasteiger partial charge < -0.3 is 5.11 Å². The van der Waals surface area contributed by atoms with Crippen molar-refractivity contribution < 1.29 is 18.8 Å². The van der Waals surface area contributed by atoms with Gasteiger partial charge in [-0.2, -0.15) is 0 Å². The molecule has 1 rings (SSSR count). The summed E-state index contributed by atoms with van der Waals surface area (Å²) in [6.45, 7) is 1.21. The molecule has 1 atom stereocenters. The Morgan fingerprint density at radius 2 is 1.94 bits per heavy atom. The maximum Gasteiger partial charge on any atom is 0.269 e. The molecular weight excluding hydrogens is 232 g/mol. The monoisotopic (exact) mass is 243 g/mol. The second-order valence-corrected chi connectivity index (χ2v) is 3.50. The van der Waals surface area contributed by atoms with Crippen LogP contribution < -0.4 is 0 Å². The minimum absolute atomic E-state index is 0.115. The van der Waals surface area contributed by atoms with Crippen molar-refractivity contribution in [1.29, 1.82) is 0 Å². The van der Waals surface area contributed by atoms with Crippen LogP contribution in [0.25, 0.3) is 0 Å². The highest BCUT2D eigenvalue weighted by Crippen LogP contribution is 2.21. The number of aliphatic hydroxyl groups excluding tert-OH is 1. The predicted octanol–water partition coefficient (Wildman–Crippen LogP) is 2.84. The van der Waals surface area contributed by atoms with Gasteiger partial charge in [0.15, 0.2) is 0 Å². The number of aliphatic hydroxyl groups is 1. The quantitative estimate of drug-likeness (QED) is 0.502. The molecule has 0 aliphatic heterocycles. The van der Waals surface area contributed by atoms with E-state index >= 15 is 0 Å². The Kier molecular flexibility index (Phi) is 4.28. The van der Waals surface area contributed by atoms with Crippen LogP contribution in [0.4, 0.5) is 14.5 Å². The van der Waals surface area contributed by atoms with Crippen LogP contribution >= 0.6 is 0 Å². The second-order valence-electron chi connectivity index (χ2n) is 3.50. The summed E-state index contributed by atoms with van der Waals surface area (Å²) in [5, 5.41) is 20.0. The second kappa shape index (κ2) is 5.49. The van der Waals surface area contributed by atoms with E-state index in [1.807, 2.05) is 0 Å². The first-order valence-electron chi connectivity index (χ1n) is 4.80. The fraction of sp³-hybridized carbons (Fsp3) is 0.273. The largest absolute Gasteiger partial charge is 0.384 e. The van der Waals surface area contributed by atoms with Crippen LogP contribution in [0.2, 0.25) is 0 Å². The Morgan fingerprint density at radius 1 is 1.41 bits per heavy atom. The third-order valence-corrected chi connectivity index (χ3v) is 2.21. The van der Waals surface area contributed by atoms with E-state index < -0.39 is 17.5 Å². The molecule has 0 fully saturated rings. The average Bonchev–Trinajstić information content (AvgIpc) is 2.28. The van der Waals surface area contributed by atoms with Crippen LogP contribution in [0.15, 0.2) is 35.9 Å². The van der Waals surface area contributed by atoms with Gasteiger partial charge in [-0.25, -0.2) is 8.78 Å². The van der Waals surface area contributed by atoms with Crippen molar-refractivity contribution >= 4 is 5.69 Å². The zero-order valence-corrected chi connectivity index (χ0v) is 9.01. The first kappa shape index (κ1) is 13.2. The van der Waals surface area contributed by atoms with Gasteiger partial charge in [0, 0.05) is 12.1 Å². The average molecular weight is 243 g/mol. The van der Waals surface area contributed by atoms with Crippen molar-refractivity contribution in [1.82, 2.24) is 0 Å². The summed E-state index contributed by atoms with van der Waals surface area (Å²) < 4.78 is 24.4. The van der Waals surface area contributed by atoms with E-state index in [9.17, 15) is 24.0 Å². The molecule has 0 saturated carbocycles. The van der Waals surface area contributed by atoms with Gasteiger partial charge in [0.05, 0.1) is 11.0 Å². The Labute approximate surface area is 96.3 Å². The Hall–Kier alpha value is -1.82. The van der Waals surface area contributed by atoms with Crippen LogP contribution in [0.3, 0.4) is 0 Å². The SMILES string of the molecule is C/C(=C/C(O)c1ccc([N+](=O)[O-])cc1)C(F)F. The number of nitro benzene ring substituents is 1. The number of allylic oxidation sites excluding steroid dienone is 1. The lowest BCUT2D eigenvalue weighted by atomic mass is 10.1. The molecule has 0 radical (unpaired) electrons. The van der Waals surface area contributed by atoms with E-state index in [4.69, 9.17) is 0 Å². The summed E-state index contributed by atoms with van der Waals surface area (Å²) in [4.78, 5) is 9.81. The number of halogens is 2. The minimum atomic E-state index is -2.62. The number of nitro groups is 1. The van der Waals surface area contributed by atoms with Gasteiger partial charge in [0.1, 0.15) is 0 Å². The molecule has 0 aromatic heterocycles. The van der Waals surface area contributed by atoms with Gasteiger partial charge in [-0.05, 0) is 36.3 Å². The van der Waals surface area contributed by atoms with Gasteiger partial charge in [0.2, 0.25) is 0 Å². The van der Waals surface area contributed by atoms with E-state index in [1.165, 1.54) is 31.2 Å². The maximum atomic E-state index is 12.2. The van der Waals surface area contributed by atoms with Gasteiger partial charge >= 0.3 is 0 Å². The summed E-state index contributed by atoms with van der Waals surface area (Å²) in [6, 6.07) is 5.09. The predicted molar refractivity (Wildman–Crippen MR) is 57.8 cm³/mol. The Bertz CT molecular complexity index is 429. The number of non-ortho nitro benzene ring substituents is 1. The van der Waals surface area contributed by atoms with Gasteiger partial charge in [-0.15, -0.1) is 0 Å². The number of hydrogen-bond acceptors (Lipinski definition) is 3. The highest BCUT2D eigenvalue weighted by molar-refractivity contribution is 5.35. The van der Waals surface area contributed by atoms with Crippen molar-refractivity contribution in [3.8, 4) is 0 Å². The van der Waals surface area contributed by atoms with Crippen LogP contribution in [0, 0.1) is 10.1 Å². The molecule has 6 heteroatoms. The molecular formula is C11H11F2NO3. The molecule has 0 spiro atoms. The van der Waals surface area contributed by atoms with Crippen molar-refractivity contribution in [3.63, 3.8) is 0 Å². The highest BCUT2D eigenvalue weighted by Gasteiger charge is 2.11. The zero-order chi connectivity index (χ0) is 13.0. The molecule has 4 nitrogen and oxygen atoms in total. The number of rotatable bonds is 4. The molecule has 0 aliphatic carbocycles. The lowest BCUT2D eigenvalue weighted by Gasteiger charge is -2.07. The van der Waals surface area contributed by atoms with Crippen molar-refractivity contribution in [3.05, 3.63) is 51.6 Å². The van der Waals surface area contributed by atoms with E-state index in [1.54, 1.807) is 0 Å². The Morgan fingerprint density at radius 3 is 2.35 bits per heavy atom. The standard InChI is InChI=1S/C11H11F2NO3/c1-7(11(12)13)6-10(15)8-2-4-9(5-3-8)14(16)17/h2-6,10-11,15H,1H3/b7-6-. The molecule has 0 aliphatic rings. The molecule has 0 saturated heterocycles. The van der Waals surface area contributed by atoms with Crippen LogP contribution in [-0.2, 0) is 0 Å². The smallest absolute Gasteiger partial charge is 0.269 e. The van der Waals surface area contributed by atoms with Crippen LogP contribution in [-0.4, -0.2) is 16.5 Å². The summed E-state index contributed by atoms with van der Waals surface area (Å²) in [5.41, 5.74) is -0.0260. The lowest BCUT2D eigenvalue weighted by Crippen LogP contribution is -1.99. The molecule has 1 aromatic carbocycles. The third-order valence-electron chi connectivity index (χ3n) is 2.21. The molecule has 1 unspecified atom stereocenters. The summed E-state index contributed by atoms with van der Waals surface area (Å²) in [7, 11) is 0. The lowest BCUT2D eigenvalue weighted by molar-refractivity contribution is -0.384. The number of benzene rings is 1. The van der Waals surface area contributed by atoms with Crippen molar-refractivity contribution in [2.75, 3.05) is 0 Å². The zero-order valence-electron chi connectivity index (χ0n) is 9.01. The molecule has 0 bridgehead atoms. The number of hydrogen-bond donors (Lipinski definition) is 1. The van der Waals surface area contributed by atoms with Crippen molar-refractivity contribution in [2.24, 2.45) is 0 Å². The minimum Gasteiger partial charge on any atom is -0.384 e. The molecule has 1 N–H and O–H groups in total. The number of nitrogens with zero attached hydrogens (tertiary/aromatic N) is 1. The maximum absolute atomic E-state index is 12.2. The fourth-order valence-electron chi connectivity index (χ4n) is 1.21. The summed E-state index contributed by atoms with van der Waals surface area (Å²) >= 11 is 0. The molecule has 1 aromatic rings. The first-order chi connectivity index (χ1) is 7.91. The Balaban J connectivity index is 2.87. The van der Waals surface area contributed by atoms with Gasteiger partial charge in [0.25, 0.3) is 12.1 Å². The van der Waals surface area contributed by atoms with Crippen LogP contribution in [0.5, 0.6) is 0 Å². The first-order valence-corrected chi connectivity index (χ1v) is 4.80. The highest BCUT2D eigenvalue weighted by atomic mass is 19.3. The van der Waals surface area contributed by atoms with E-state index in [0.717, 1.165) is 6.08 Å². The third kappa shape index (κ3) is 3.60. The van der Waals surface area contributed by atoms with E-state index in [2.05, 4.69) is 0 Å². The fourth-order valence-corrected chi connectivity index (χ4v) is 1.21.